The third-order valence-corrected chi connectivity index (χ3v) is 7.44. The normalized spacial score (nSPS) is 14.9. The number of hydrogen-bond donors (Lipinski definition) is 1. The second kappa shape index (κ2) is 7.40. The van der Waals surface area contributed by atoms with Crippen LogP contribution in [-0.4, -0.2) is 59.1 Å². The summed E-state index contributed by atoms with van der Waals surface area (Å²) in [6.07, 6.45) is 1.24. The molecule has 4 rings (SSSR count). The lowest BCUT2D eigenvalue weighted by molar-refractivity contribution is 0.307. The van der Waals surface area contributed by atoms with Crippen LogP contribution in [0.3, 0.4) is 0 Å². The van der Waals surface area contributed by atoms with Gasteiger partial charge < -0.3 is 4.90 Å². The molecular weight excluding hydrogens is 414 g/mol. The molecule has 0 radical (unpaired) electrons. The summed E-state index contributed by atoms with van der Waals surface area (Å²) < 4.78 is 55.4. The van der Waals surface area contributed by atoms with Gasteiger partial charge in [-0.3, -0.25) is 5.10 Å². The number of rotatable bonds is 5. The van der Waals surface area contributed by atoms with Crippen LogP contribution >= 0.6 is 0 Å². The molecule has 11 heteroatoms. The highest BCUT2D eigenvalue weighted by molar-refractivity contribution is 7.89. The number of nitrogens with zero attached hydrogens (tertiary/aromatic N) is 5. The molecule has 0 saturated carbocycles. The molecular formula is C19H20F2N6O2S. The van der Waals surface area contributed by atoms with E-state index in [1.54, 1.807) is 18.7 Å². The van der Waals surface area contributed by atoms with E-state index in [9.17, 15) is 12.8 Å². The number of nitrogens with one attached hydrogen (secondary N) is 1. The van der Waals surface area contributed by atoms with Gasteiger partial charge in [0.25, 0.3) is 0 Å². The van der Waals surface area contributed by atoms with Crippen LogP contribution in [-0.2, 0) is 10.0 Å². The molecule has 1 aliphatic rings. The molecule has 1 saturated heterocycles. The predicted octanol–water partition coefficient (Wildman–Crippen LogP) is 2.27. The molecule has 1 aliphatic heterocycles. The van der Waals surface area contributed by atoms with Crippen LogP contribution in [0.2, 0.25) is 0 Å². The largest absolute Gasteiger partial charge is 0.351 e. The van der Waals surface area contributed by atoms with Gasteiger partial charge in [0.2, 0.25) is 10.0 Å². The molecule has 1 aromatic carbocycles. The van der Waals surface area contributed by atoms with Crippen LogP contribution in [0.1, 0.15) is 11.4 Å². The number of H-pyrrole nitrogens is 1. The van der Waals surface area contributed by atoms with Crippen molar-refractivity contribution in [1.82, 2.24) is 24.5 Å². The Labute approximate surface area is 172 Å². The molecule has 3 heterocycles. The van der Waals surface area contributed by atoms with Crippen molar-refractivity contribution in [3.63, 3.8) is 0 Å². The molecule has 2 aromatic heterocycles. The van der Waals surface area contributed by atoms with Crippen molar-refractivity contribution in [2.75, 3.05) is 25.0 Å². The maximum Gasteiger partial charge on any atom is 0.246 e. The standard InChI is InChI=1S/C19H20F2N6O2S/c1-11-18(12(2)25-24-11)30(28,29)26(3)15-8-27(9-15)19-16(21)17(22-10-23-19)13-4-6-14(20)7-5-13/h4-7,10,15H,8-9H2,1-3H3,(H,24,25). The summed E-state index contributed by atoms with van der Waals surface area (Å²) in [5.41, 5.74) is 1.37. The van der Waals surface area contributed by atoms with Crippen molar-refractivity contribution in [3.8, 4) is 11.3 Å². The minimum atomic E-state index is -3.74. The fraction of sp³-hybridized carbons (Fsp3) is 0.316. The first-order valence-electron chi connectivity index (χ1n) is 9.21. The van der Waals surface area contributed by atoms with Gasteiger partial charge in [-0.2, -0.15) is 9.40 Å². The Hall–Kier alpha value is -2.92. The summed E-state index contributed by atoms with van der Waals surface area (Å²) in [5, 5.41) is 6.64. The van der Waals surface area contributed by atoms with E-state index >= 15 is 4.39 Å². The Kier molecular flexibility index (Phi) is 5.02. The van der Waals surface area contributed by atoms with Gasteiger partial charge >= 0.3 is 0 Å². The highest BCUT2D eigenvalue weighted by atomic mass is 32.2. The number of aryl methyl sites for hydroxylation is 2. The molecule has 0 unspecified atom stereocenters. The number of benzene rings is 1. The second-order valence-electron chi connectivity index (χ2n) is 7.21. The van der Waals surface area contributed by atoms with E-state index in [-0.39, 0.29) is 35.5 Å². The van der Waals surface area contributed by atoms with Gasteiger partial charge in [0, 0.05) is 25.7 Å². The molecule has 0 bridgehead atoms. The van der Waals surface area contributed by atoms with E-state index in [0.29, 0.717) is 17.0 Å². The number of likely N-dealkylation sites (N-methyl/N-ethyl adjacent to an activating group) is 1. The van der Waals surface area contributed by atoms with E-state index in [2.05, 4.69) is 20.2 Å². The van der Waals surface area contributed by atoms with Crippen molar-refractivity contribution in [3.05, 3.63) is 53.6 Å². The topological polar surface area (TPSA) is 95.1 Å². The van der Waals surface area contributed by atoms with Gasteiger partial charge in [-0.1, -0.05) is 0 Å². The maximum atomic E-state index is 15.0. The molecule has 0 atom stereocenters. The van der Waals surface area contributed by atoms with Crippen molar-refractivity contribution >= 4 is 15.8 Å². The van der Waals surface area contributed by atoms with Gasteiger partial charge in [0.15, 0.2) is 11.6 Å². The van der Waals surface area contributed by atoms with Crippen LogP contribution < -0.4 is 4.90 Å². The van der Waals surface area contributed by atoms with Gasteiger partial charge in [-0.15, -0.1) is 0 Å². The van der Waals surface area contributed by atoms with Crippen molar-refractivity contribution in [2.45, 2.75) is 24.8 Å². The van der Waals surface area contributed by atoms with Crippen molar-refractivity contribution < 1.29 is 17.2 Å². The molecule has 3 aromatic rings. The first kappa shape index (κ1) is 20.4. The minimum Gasteiger partial charge on any atom is -0.351 e. The third kappa shape index (κ3) is 3.33. The Balaban J connectivity index is 1.53. The summed E-state index contributed by atoms with van der Waals surface area (Å²) in [6, 6.07) is 5.01. The highest BCUT2D eigenvalue weighted by Gasteiger charge is 2.40. The predicted molar refractivity (Wildman–Crippen MR) is 106 cm³/mol. The first-order chi connectivity index (χ1) is 14.2. The van der Waals surface area contributed by atoms with E-state index in [0.717, 1.165) is 0 Å². The third-order valence-electron chi connectivity index (χ3n) is 5.26. The molecule has 1 fully saturated rings. The fourth-order valence-electron chi connectivity index (χ4n) is 3.51. The SMILES string of the molecule is Cc1n[nH]c(C)c1S(=O)(=O)N(C)C1CN(c2ncnc(-c3ccc(F)cc3)c2F)C1. The molecule has 0 spiro atoms. The maximum absolute atomic E-state index is 15.0. The number of aromatic amines is 1. The number of aromatic nitrogens is 4. The fourth-order valence-corrected chi connectivity index (χ4v) is 5.17. The Morgan fingerprint density at radius 2 is 1.80 bits per heavy atom. The van der Waals surface area contributed by atoms with Gasteiger partial charge in [-0.25, -0.2) is 27.2 Å². The van der Waals surface area contributed by atoms with Gasteiger partial charge in [0.05, 0.1) is 17.4 Å². The number of sulfonamides is 1. The first-order valence-corrected chi connectivity index (χ1v) is 10.6. The zero-order valence-electron chi connectivity index (χ0n) is 16.6. The number of halogens is 2. The van der Waals surface area contributed by atoms with E-state index in [4.69, 9.17) is 0 Å². The minimum absolute atomic E-state index is 0.0640. The quantitative estimate of drug-likeness (QED) is 0.662. The van der Waals surface area contributed by atoms with Crippen LogP contribution in [0, 0.1) is 25.5 Å². The monoisotopic (exact) mass is 434 g/mol. The van der Waals surface area contributed by atoms with Crippen LogP contribution in [0.5, 0.6) is 0 Å². The van der Waals surface area contributed by atoms with Gasteiger partial charge in [0.1, 0.15) is 22.7 Å². The Morgan fingerprint density at radius 3 is 2.40 bits per heavy atom. The molecule has 8 nitrogen and oxygen atoms in total. The summed E-state index contributed by atoms with van der Waals surface area (Å²) >= 11 is 0. The van der Waals surface area contributed by atoms with E-state index in [1.165, 1.54) is 41.9 Å². The lowest BCUT2D eigenvalue weighted by atomic mass is 10.1. The lowest BCUT2D eigenvalue weighted by Gasteiger charge is -2.44. The average Bonchev–Trinajstić information content (AvgIpc) is 3.01. The number of hydrogen-bond acceptors (Lipinski definition) is 6. The lowest BCUT2D eigenvalue weighted by Crippen LogP contribution is -2.60. The molecule has 0 amide bonds. The highest BCUT2D eigenvalue weighted by Crippen LogP contribution is 2.31. The van der Waals surface area contributed by atoms with E-state index < -0.39 is 21.7 Å². The van der Waals surface area contributed by atoms with Crippen molar-refractivity contribution in [1.29, 1.82) is 0 Å². The zero-order chi connectivity index (χ0) is 21.6. The van der Waals surface area contributed by atoms with E-state index in [1.807, 2.05) is 0 Å². The summed E-state index contributed by atoms with van der Waals surface area (Å²) in [6.45, 7) is 3.84. The summed E-state index contributed by atoms with van der Waals surface area (Å²) in [4.78, 5) is 9.81. The molecule has 158 valence electrons. The van der Waals surface area contributed by atoms with Crippen LogP contribution in [0.4, 0.5) is 14.6 Å². The Bertz CT molecular complexity index is 1170. The van der Waals surface area contributed by atoms with Crippen molar-refractivity contribution in [2.24, 2.45) is 0 Å². The molecule has 30 heavy (non-hydrogen) atoms. The Morgan fingerprint density at radius 1 is 1.13 bits per heavy atom. The van der Waals surface area contributed by atoms with Gasteiger partial charge in [-0.05, 0) is 38.1 Å². The number of anilines is 1. The average molecular weight is 434 g/mol. The smallest absolute Gasteiger partial charge is 0.246 e. The summed E-state index contributed by atoms with van der Waals surface area (Å²) in [7, 11) is -2.23. The zero-order valence-corrected chi connectivity index (χ0v) is 17.4. The molecule has 1 N–H and O–H groups in total. The second-order valence-corrected chi connectivity index (χ2v) is 9.14. The van der Waals surface area contributed by atoms with Crippen LogP contribution in [0.15, 0.2) is 35.5 Å². The van der Waals surface area contributed by atoms with Crippen LogP contribution in [0.25, 0.3) is 11.3 Å². The summed E-state index contributed by atoms with van der Waals surface area (Å²) in [5.74, 6) is -0.969. The molecule has 0 aliphatic carbocycles.